The van der Waals surface area contributed by atoms with Crippen molar-refractivity contribution in [3.05, 3.63) is 0 Å². The van der Waals surface area contributed by atoms with Crippen molar-refractivity contribution >= 4 is 8.56 Å². The molecule has 0 N–H and O–H groups in total. The molecule has 0 saturated heterocycles. The van der Waals surface area contributed by atoms with Crippen LogP contribution in [0.4, 0.5) is 0 Å². The molecule has 3 heteroatoms. The van der Waals surface area contributed by atoms with Crippen molar-refractivity contribution in [3.63, 3.8) is 0 Å². The summed E-state index contributed by atoms with van der Waals surface area (Å²) in [6.07, 6.45) is 20.3. The van der Waals surface area contributed by atoms with E-state index in [0.717, 1.165) is 25.3 Å². The summed E-state index contributed by atoms with van der Waals surface area (Å²) in [6, 6.07) is 2.19. The maximum absolute atomic E-state index is 6.35. The van der Waals surface area contributed by atoms with Crippen LogP contribution >= 0.6 is 0 Å². The maximum Gasteiger partial charge on any atom is 0.337 e. The molecule has 0 bridgehead atoms. The van der Waals surface area contributed by atoms with Crippen LogP contribution in [0.15, 0.2) is 0 Å². The Hall–Kier alpha value is 0.137. The van der Waals surface area contributed by atoms with E-state index in [1.165, 1.54) is 96.3 Å². The molecule has 0 unspecified atom stereocenters. The molecule has 0 aromatic heterocycles. The topological polar surface area (TPSA) is 18.5 Å². The van der Waals surface area contributed by atoms with Gasteiger partial charge in [0, 0.05) is 13.2 Å². The van der Waals surface area contributed by atoms with E-state index >= 15 is 0 Å². The second kappa shape index (κ2) is 19.9. The van der Waals surface area contributed by atoms with Crippen molar-refractivity contribution in [3.8, 4) is 0 Å². The van der Waals surface area contributed by atoms with Gasteiger partial charge < -0.3 is 8.85 Å². The average Bonchev–Trinajstić information content (AvgIpc) is 2.67. The predicted molar refractivity (Wildman–Crippen MR) is 119 cm³/mol. The summed E-state index contributed by atoms with van der Waals surface area (Å²) in [5, 5.41) is 0. The monoisotopic (exact) mass is 386 g/mol. The van der Waals surface area contributed by atoms with Crippen molar-refractivity contribution in [2.24, 2.45) is 0 Å². The summed E-state index contributed by atoms with van der Waals surface area (Å²) in [6.45, 7) is 10.9. The van der Waals surface area contributed by atoms with Crippen LogP contribution in [0.2, 0.25) is 12.1 Å². The summed E-state index contributed by atoms with van der Waals surface area (Å²) in [5.74, 6) is 0. The third kappa shape index (κ3) is 15.2. The summed E-state index contributed by atoms with van der Waals surface area (Å²) in [5.41, 5.74) is 0. The lowest BCUT2D eigenvalue weighted by atomic mass is 10.1. The molecular formula is C23H50O2Si. The highest BCUT2D eigenvalue weighted by atomic mass is 28.4. The molecule has 0 aromatic rings. The Morgan fingerprint density at radius 3 is 1.04 bits per heavy atom. The smallest absolute Gasteiger partial charge is 0.337 e. The fourth-order valence-corrected chi connectivity index (χ4v) is 5.94. The molecule has 0 radical (unpaired) electrons. The molecule has 26 heavy (non-hydrogen) atoms. The fraction of sp³-hybridized carbons (Fsp3) is 1.00. The minimum absolute atomic E-state index is 0.916. The quantitative estimate of drug-likeness (QED) is 0.146. The van der Waals surface area contributed by atoms with Crippen LogP contribution in [0.25, 0.3) is 0 Å². The van der Waals surface area contributed by atoms with Gasteiger partial charge in [0.2, 0.25) is 0 Å². The van der Waals surface area contributed by atoms with Crippen LogP contribution in [-0.2, 0) is 8.85 Å². The maximum atomic E-state index is 6.35. The van der Waals surface area contributed by atoms with Crippen LogP contribution in [0.1, 0.15) is 124 Å². The Kier molecular flexibility index (Phi) is 20.0. The summed E-state index contributed by atoms with van der Waals surface area (Å²) < 4.78 is 12.7. The van der Waals surface area contributed by atoms with Crippen molar-refractivity contribution in [1.82, 2.24) is 0 Å². The second-order valence-corrected chi connectivity index (χ2v) is 11.7. The van der Waals surface area contributed by atoms with E-state index in [4.69, 9.17) is 8.85 Å². The minimum atomic E-state index is -1.91. The lowest BCUT2D eigenvalue weighted by Gasteiger charge is -2.29. The van der Waals surface area contributed by atoms with Gasteiger partial charge in [0.25, 0.3) is 0 Å². The van der Waals surface area contributed by atoms with Crippen LogP contribution in [0, 0.1) is 0 Å². The SMILES string of the molecule is CCCCCCCCCCO[Si](CC)(CC)OCCCCCCCCC. The van der Waals surface area contributed by atoms with E-state index in [-0.39, 0.29) is 0 Å². The summed E-state index contributed by atoms with van der Waals surface area (Å²) in [4.78, 5) is 0. The van der Waals surface area contributed by atoms with Crippen molar-refractivity contribution in [2.45, 2.75) is 136 Å². The standard InChI is InChI=1S/C23H50O2Si/c1-5-9-11-13-15-17-19-21-23-25-26(7-3,8-4)24-22-20-18-16-14-12-10-6-2/h5-23H2,1-4H3. The van der Waals surface area contributed by atoms with Gasteiger partial charge in [-0.2, -0.15) is 0 Å². The molecule has 0 aliphatic rings. The van der Waals surface area contributed by atoms with Gasteiger partial charge in [-0.25, -0.2) is 0 Å². The largest absolute Gasteiger partial charge is 0.394 e. The highest BCUT2D eigenvalue weighted by Crippen LogP contribution is 2.20. The molecule has 0 saturated carbocycles. The molecule has 0 aliphatic carbocycles. The van der Waals surface area contributed by atoms with E-state index in [2.05, 4.69) is 27.7 Å². The molecule has 0 atom stereocenters. The molecule has 0 aliphatic heterocycles. The van der Waals surface area contributed by atoms with Crippen LogP contribution in [0.5, 0.6) is 0 Å². The van der Waals surface area contributed by atoms with Gasteiger partial charge in [0.1, 0.15) is 0 Å². The Morgan fingerprint density at radius 2 is 0.731 bits per heavy atom. The van der Waals surface area contributed by atoms with Crippen LogP contribution in [-0.4, -0.2) is 21.8 Å². The first kappa shape index (κ1) is 26.1. The zero-order valence-electron chi connectivity index (χ0n) is 18.8. The molecule has 0 amide bonds. The van der Waals surface area contributed by atoms with Gasteiger partial charge in [-0.15, -0.1) is 0 Å². The number of hydrogen-bond acceptors (Lipinski definition) is 2. The van der Waals surface area contributed by atoms with Gasteiger partial charge in [-0.1, -0.05) is 111 Å². The average molecular weight is 387 g/mol. The Bertz CT molecular complexity index is 267. The zero-order valence-corrected chi connectivity index (χ0v) is 19.8. The van der Waals surface area contributed by atoms with E-state index in [0.29, 0.717) is 0 Å². The van der Waals surface area contributed by atoms with E-state index in [1.54, 1.807) is 0 Å². The first-order valence-electron chi connectivity index (χ1n) is 12.0. The van der Waals surface area contributed by atoms with Gasteiger partial charge in [0.15, 0.2) is 0 Å². The first-order valence-corrected chi connectivity index (χ1v) is 14.3. The number of rotatable bonds is 21. The third-order valence-corrected chi connectivity index (χ3v) is 9.17. The third-order valence-electron chi connectivity index (χ3n) is 5.55. The van der Waals surface area contributed by atoms with Gasteiger partial charge in [-0.3, -0.25) is 0 Å². The normalized spacial score (nSPS) is 12.0. The van der Waals surface area contributed by atoms with E-state index in [1.807, 2.05) is 0 Å². The molecule has 0 fully saturated rings. The molecular weight excluding hydrogens is 336 g/mol. The van der Waals surface area contributed by atoms with Gasteiger partial charge in [-0.05, 0) is 24.9 Å². The molecule has 0 aromatic carbocycles. The fourth-order valence-electron chi connectivity index (χ4n) is 3.51. The minimum Gasteiger partial charge on any atom is -0.394 e. The van der Waals surface area contributed by atoms with Crippen molar-refractivity contribution < 1.29 is 8.85 Å². The molecule has 2 nitrogen and oxygen atoms in total. The van der Waals surface area contributed by atoms with Crippen molar-refractivity contribution in [2.75, 3.05) is 13.2 Å². The molecule has 0 heterocycles. The second-order valence-electron chi connectivity index (χ2n) is 7.91. The number of unbranched alkanes of at least 4 members (excludes halogenated alkanes) is 13. The number of hydrogen-bond donors (Lipinski definition) is 0. The highest BCUT2D eigenvalue weighted by molar-refractivity contribution is 6.67. The molecule has 158 valence electrons. The predicted octanol–water partition coefficient (Wildman–Crippen LogP) is 8.39. The van der Waals surface area contributed by atoms with E-state index < -0.39 is 8.56 Å². The summed E-state index contributed by atoms with van der Waals surface area (Å²) in [7, 11) is -1.91. The Labute approximate surface area is 167 Å². The van der Waals surface area contributed by atoms with Crippen LogP contribution in [0.3, 0.4) is 0 Å². The van der Waals surface area contributed by atoms with Gasteiger partial charge in [0.05, 0.1) is 0 Å². The van der Waals surface area contributed by atoms with Gasteiger partial charge >= 0.3 is 8.56 Å². The lowest BCUT2D eigenvalue weighted by Crippen LogP contribution is -2.41. The Morgan fingerprint density at radius 1 is 0.423 bits per heavy atom. The molecule has 0 rings (SSSR count). The van der Waals surface area contributed by atoms with Crippen LogP contribution < -0.4 is 0 Å². The lowest BCUT2D eigenvalue weighted by molar-refractivity contribution is 0.163. The zero-order chi connectivity index (χ0) is 19.3. The van der Waals surface area contributed by atoms with E-state index in [9.17, 15) is 0 Å². The molecule has 0 spiro atoms. The summed E-state index contributed by atoms with van der Waals surface area (Å²) >= 11 is 0. The van der Waals surface area contributed by atoms with Crippen molar-refractivity contribution in [1.29, 1.82) is 0 Å². The Balaban J connectivity index is 3.68. The first-order chi connectivity index (χ1) is 12.7. The highest BCUT2D eigenvalue weighted by Gasteiger charge is 2.33.